The molecule has 3 aromatic rings. The maximum absolute atomic E-state index is 14.1. The molecule has 0 aliphatic carbocycles. The SMILES string of the molecule is CCC(O)COc1nn(-c2ccccc2)c(NC(=O)NC2CN(CCOC)CC2c2ccc(F)c(F)c2)c1C. The standard InChI is InChI=1S/C28H35F2N5O4/c1-4-21(36)17-39-27-18(2)26(35(33-27)20-8-6-5-7-9-20)32-28(37)31-25-16-34(12-13-38-3)15-22(25)19-10-11-23(29)24(30)14-19/h5-11,14,21-22,25,36H,4,12-13,15-17H2,1-3H3,(H2,31,32,37). The number of halogens is 2. The fraction of sp³-hybridized carbons (Fsp3) is 0.429. The first-order valence-electron chi connectivity index (χ1n) is 13.0. The number of hydrogen-bond donors (Lipinski definition) is 3. The largest absolute Gasteiger partial charge is 0.474 e. The molecule has 3 atom stereocenters. The molecule has 11 heteroatoms. The molecule has 4 rings (SSSR count). The van der Waals surface area contributed by atoms with E-state index < -0.39 is 23.8 Å². The summed E-state index contributed by atoms with van der Waals surface area (Å²) < 4.78 is 40.2. The number of aliphatic hydroxyl groups is 1. The van der Waals surface area contributed by atoms with Gasteiger partial charge in [0.25, 0.3) is 0 Å². The lowest BCUT2D eigenvalue weighted by atomic mass is 9.94. The van der Waals surface area contributed by atoms with Gasteiger partial charge in [-0.05, 0) is 43.2 Å². The maximum atomic E-state index is 14.1. The van der Waals surface area contributed by atoms with Crippen LogP contribution in [-0.2, 0) is 4.74 Å². The van der Waals surface area contributed by atoms with E-state index in [1.54, 1.807) is 24.8 Å². The van der Waals surface area contributed by atoms with Crippen LogP contribution in [0.4, 0.5) is 19.4 Å². The van der Waals surface area contributed by atoms with Crippen LogP contribution >= 0.6 is 0 Å². The number of benzene rings is 2. The van der Waals surface area contributed by atoms with Crippen LogP contribution in [0, 0.1) is 18.6 Å². The second kappa shape index (κ2) is 13.0. The predicted octanol–water partition coefficient (Wildman–Crippen LogP) is 3.84. The molecule has 1 aliphatic heterocycles. The number of nitrogens with zero attached hydrogens (tertiary/aromatic N) is 3. The van der Waals surface area contributed by atoms with Gasteiger partial charge in [0.2, 0.25) is 5.88 Å². The van der Waals surface area contributed by atoms with Gasteiger partial charge in [0, 0.05) is 32.7 Å². The van der Waals surface area contributed by atoms with Gasteiger partial charge in [-0.1, -0.05) is 31.2 Å². The molecule has 0 bridgehead atoms. The van der Waals surface area contributed by atoms with Crippen LogP contribution in [0.25, 0.3) is 5.69 Å². The number of methoxy groups -OCH3 is 1. The predicted molar refractivity (Wildman–Crippen MR) is 143 cm³/mol. The first-order valence-corrected chi connectivity index (χ1v) is 13.0. The van der Waals surface area contributed by atoms with Crippen LogP contribution in [0.1, 0.15) is 30.4 Å². The van der Waals surface area contributed by atoms with Gasteiger partial charge >= 0.3 is 6.03 Å². The fourth-order valence-corrected chi connectivity index (χ4v) is 4.64. The number of carbonyl (C=O) groups is 1. The van der Waals surface area contributed by atoms with Gasteiger partial charge in [0.05, 0.1) is 30.0 Å². The Morgan fingerprint density at radius 2 is 1.95 bits per heavy atom. The van der Waals surface area contributed by atoms with Crippen molar-refractivity contribution < 1.29 is 28.2 Å². The highest BCUT2D eigenvalue weighted by molar-refractivity contribution is 5.90. The van der Waals surface area contributed by atoms with Crippen LogP contribution < -0.4 is 15.4 Å². The normalized spacial score (nSPS) is 18.2. The number of aliphatic hydroxyl groups excluding tert-OH is 1. The summed E-state index contributed by atoms with van der Waals surface area (Å²) in [4.78, 5) is 15.4. The maximum Gasteiger partial charge on any atom is 0.320 e. The lowest BCUT2D eigenvalue weighted by molar-refractivity contribution is 0.101. The number of aromatic nitrogens is 2. The van der Waals surface area contributed by atoms with Gasteiger partial charge in [0.1, 0.15) is 12.4 Å². The second-order valence-corrected chi connectivity index (χ2v) is 9.64. The summed E-state index contributed by atoms with van der Waals surface area (Å²) in [6, 6.07) is 12.3. The number of carbonyl (C=O) groups excluding carboxylic acids is 1. The van der Waals surface area contributed by atoms with Crippen LogP contribution in [0.2, 0.25) is 0 Å². The van der Waals surface area contributed by atoms with E-state index in [1.807, 2.05) is 37.3 Å². The van der Waals surface area contributed by atoms with E-state index in [-0.39, 0.29) is 18.6 Å². The van der Waals surface area contributed by atoms with E-state index >= 15 is 0 Å². The number of rotatable bonds is 11. The van der Waals surface area contributed by atoms with Crippen molar-refractivity contribution >= 4 is 11.8 Å². The van der Waals surface area contributed by atoms with E-state index in [2.05, 4.69) is 20.6 Å². The summed E-state index contributed by atoms with van der Waals surface area (Å²) in [7, 11) is 1.62. The van der Waals surface area contributed by atoms with Gasteiger partial charge in [-0.15, -0.1) is 5.10 Å². The van der Waals surface area contributed by atoms with Crippen molar-refractivity contribution in [2.24, 2.45) is 0 Å². The zero-order chi connectivity index (χ0) is 27.9. The zero-order valence-electron chi connectivity index (χ0n) is 22.4. The average molecular weight is 544 g/mol. The molecule has 0 saturated carbocycles. The molecule has 0 spiro atoms. The van der Waals surface area contributed by atoms with Gasteiger partial charge < -0.3 is 19.9 Å². The molecule has 1 saturated heterocycles. The second-order valence-electron chi connectivity index (χ2n) is 9.64. The van der Waals surface area contributed by atoms with Crippen LogP contribution in [-0.4, -0.2) is 77.9 Å². The molecule has 2 amide bonds. The number of hydrogen-bond acceptors (Lipinski definition) is 6. The third kappa shape index (κ3) is 6.92. The van der Waals surface area contributed by atoms with E-state index in [0.717, 1.165) is 6.07 Å². The molecule has 39 heavy (non-hydrogen) atoms. The molecule has 1 aromatic heterocycles. The van der Waals surface area contributed by atoms with Crippen molar-refractivity contribution in [3.8, 4) is 11.6 Å². The van der Waals surface area contributed by atoms with Gasteiger partial charge in [0.15, 0.2) is 11.6 Å². The Bertz CT molecular complexity index is 1260. The number of urea groups is 1. The Kier molecular flexibility index (Phi) is 9.50. The Morgan fingerprint density at radius 1 is 1.18 bits per heavy atom. The van der Waals surface area contributed by atoms with Gasteiger partial charge in [-0.25, -0.2) is 18.3 Å². The molecule has 2 aromatic carbocycles. The molecule has 0 radical (unpaired) electrons. The van der Waals surface area contributed by atoms with Gasteiger partial charge in [-0.3, -0.25) is 10.2 Å². The van der Waals surface area contributed by atoms with E-state index in [9.17, 15) is 18.7 Å². The van der Waals surface area contributed by atoms with Crippen molar-refractivity contribution in [3.63, 3.8) is 0 Å². The van der Waals surface area contributed by atoms with Crippen molar-refractivity contribution in [2.45, 2.75) is 38.3 Å². The number of likely N-dealkylation sites (tertiary alicyclic amines) is 1. The smallest absolute Gasteiger partial charge is 0.320 e. The third-order valence-corrected chi connectivity index (χ3v) is 6.89. The first kappa shape index (κ1) is 28.5. The molecule has 2 heterocycles. The van der Waals surface area contributed by atoms with Crippen molar-refractivity contribution in [1.82, 2.24) is 20.0 Å². The third-order valence-electron chi connectivity index (χ3n) is 6.89. The number of nitrogens with one attached hydrogen (secondary N) is 2. The topological polar surface area (TPSA) is 101 Å². The molecule has 210 valence electrons. The fourth-order valence-electron chi connectivity index (χ4n) is 4.64. The van der Waals surface area contributed by atoms with Crippen LogP contribution in [0.3, 0.4) is 0 Å². The lowest BCUT2D eigenvalue weighted by Gasteiger charge is -2.21. The Labute approximate surface area is 226 Å². The molecular weight excluding hydrogens is 508 g/mol. The molecule has 1 aliphatic rings. The first-order chi connectivity index (χ1) is 18.8. The Balaban J connectivity index is 1.56. The van der Waals surface area contributed by atoms with E-state index in [4.69, 9.17) is 9.47 Å². The number of anilines is 1. The molecular formula is C28H35F2N5O4. The zero-order valence-corrected chi connectivity index (χ0v) is 22.4. The lowest BCUT2D eigenvalue weighted by Crippen LogP contribution is -2.42. The Hall–Kier alpha value is -3.54. The average Bonchev–Trinajstić information content (AvgIpc) is 3.48. The number of ether oxygens (including phenoxy) is 2. The minimum Gasteiger partial charge on any atom is -0.474 e. The number of amides is 2. The summed E-state index contributed by atoms with van der Waals surface area (Å²) in [6.07, 6.45) is -0.101. The molecule has 9 nitrogen and oxygen atoms in total. The monoisotopic (exact) mass is 543 g/mol. The molecule has 3 N–H and O–H groups in total. The highest BCUT2D eigenvalue weighted by Gasteiger charge is 2.35. The van der Waals surface area contributed by atoms with Crippen molar-refractivity contribution in [1.29, 1.82) is 0 Å². The minimum atomic E-state index is -0.922. The van der Waals surface area contributed by atoms with Gasteiger partial charge in [-0.2, -0.15) is 0 Å². The summed E-state index contributed by atoms with van der Waals surface area (Å²) in [5.74, 6) is -1.37. The highest BCUT2D eigenvalue weighted by Crippen LogP contribution is 2.31. The van der Waals surface area contributed by atoms with Crippen LogP contribution in [0.15, 0.2) is 48.5 Å². The van der Waals surface area contributed by atoms with E-state index in [0.29, 0.717) is 61.2 Å². The quantitative estimate of drug-likeness (QED) is 0.340. The molecule has 1 fully saturated rings. The molecule has 3 unspecified atom stereocenters. The Morgan fingerprint density at radius 3 is 2.64 bits per heavy atom. The number of para-hydroxylation sites is 1. The van der Waals surface area contributed by atoms with Crippen molar-refractivity contribution in [3.05, 3.63) is 71.3 Å². The van der Waals surface area contributed by atoms with E-state index in [1.165, 1.54) is 6.07 Å². The summed E-state index contributed by atoms with van der Waals surface area (Å²) >= 11 is 0. The van der Waals surface area contributed by atoms with Crippen molar-refractivity contribution in [2.75, 3.05) is 45.3 Å². The highest BCUT2D eigenvalue weighted by atomic mass is 19.2. The summed E-state index contributed by atoms with van der Waals surface area (Å²) in [5, 5.41) is 20.4. The van der Waals surface area contributed by atoms with Crippen LogP contribution in [0.5, 0.6) is 5.88 Å². The summed E-state index contributed by atoms with van der Waals surface area (Å²) in [5.41, 5.74) is 1.92. The minimum absolute atomic E-state index is 0.0735. The summed E-state index contributed by atoms with van der Waals surface area (Å²) in [6.45, 7) is 5.92.